The average Bonchev–Trinajstić information content (AvgIpc) is 3.41. The second-order valence-electron chi connectivity index (χ2n) is 9.57. The van der Waals surface area contributed by atoms with Crippen molar-refractivity contribution in [1.29, 1.82) is 0 Å². The van der Waals surface area contributed by atoms with Gasteiger partial charge in [-0.05, 0) is 85.0 Å². The summed E-state index contributed by atoms with van der Waals surface area (Å²) < 4.78 is 24.5. The number of ether oxygens (including phenoxy) is 4. The Balaban J connectivity index is 1.24. The van der Waals surface area contributed by atoms with Crippen molar-refractivity contribution in [3.63, 3.8) is 0 Å². The predicted molar refractivity (Wildman–Crippen MR) is 165 cm³/mol. The van der Waals surface area contributed by atoms with Crippen LogP contribution in [0.4, 0.5) is 0 Å². The van der Waals surface area contributed by atoms with Crippen molar-refractivity contribution in [1.82, 2.24) is 4.98 Å². The summed E-state index contributed by atoms with van der Waals surface area (Å²) in [5.74, 6) is 3.07. The first-order valence-corrected chi connectivity index (χ1v) is 14.0. The zero-order valence-corrected chi connectivity index (χ0v) is 24.3. The fourth-order valence-corrected chi connectivity index (χ4v) is 5.41. The minimum Gasteiger partial charge on any atom is -0.496 e. The first-order chi connectivity index (χ1) is 19.4. The SMILES string of the molecule is COc1ccc(/C=C\c2cc(C)c(C)c(OC)c2)cc1OCCOc1cc(-c2nc3ccccc3s2)ccc1C. The van der Waals surface area contributed by atoms with Crippen molar-refractivity contribution in [3.05, 3.63) is 101 Å². The van der Waals surface area contributed by atoms with Crippen molar-refractivity contribution in [2.24, 2.45) is 0 Å². The van der Waals surface area contributed by atoms with E-state index in [-0.39, 0.29) is 0 Å². The molecule has 204 valence electrons. The number of para-hydroxylation sites is 1. The van der Waals surface area contributed by atoms with Gasteiger partial charge in [-0.1, -0.05) is 48.6 Å². The summed E-state index contributed by atoms with van der Waals surface area (Å²) in [7, 11) is 3.35. The Labute approximate surface area is 239 Å². The lowest BCUT2D eigenvalue weighted by Gasteiger charge is -2.14. The fourth-order valence-electron chi connectivity index (χ4n) is 4.45. The molecule has 0 saturated carbocycles. The zero-order chi connectivity index (χ0) is 28.1. The highest BCUT2D eigenvalue weighted by Crippen LogP contribution is 2.33. The van der Waals surface area contributed by atoms with Gasteiger partial charge in [0.2, 0.25) is 0 Å². The van der Waals surface area contributed by atoms with Crippen LogP contribution in [0.2, 0.25) is 0 Å². The molecule has 1 heterocycles. The van der Waals surface area contributed by atoms with Crippen molar-refractivity contribution >= 4 is 33.7 Å². The van der Waals surface area contributed by atoms with Crippen LogP contribution in [0, 0.1) is 20.8 Å². The maximum Gasteiger partial charge on any atom is 0.161 e. The van der Waals surface area contributed by atoms with E-state index in [1.807, 2.05) is 49.4 Å². The number of hydrogen-bond donors (Lipinski definition) is 0. The highest BCUT2D eigenvalue weighted by atomic mass is 32.1. The van der Waals surface area contributed by atoms with E-state index in [2.05, 4.69) is 56.3 Å². The summed E-state index contributed by atoms with van der Waals surface area (Å²) in [5, 5.41) is 0.983. The van der Waals surface area contributed by atoms with Gasteiger partial charge in [0, 0.05) is 5.56 Å². The van der Waals surface area contributed by atoms with Gasteiger partial charge >= 0.3 is 0 Å². The van der Waals surface area contributed by atoms with Crippen molar-refractivity contribution in [2.45, 2.75) is 20.8 Å². The fraction of sp³-hybridized carbons (Fsp3) is 0.206. The standard InChI is InChI=1S/C34H33NO4S/c1-22-10-14-27(34-35-28-8-6-7-9-33(28)40-34)21-30(22)38-16-17-39-32-19-25(13-15-29(32)36-4)11-12-26-18-23(2)24(3)31(20-26)37-5/h6-15,18-21H,16-17H2,1-5H3/b12-11-. The van der Waals surface area contributed by atoms with Crippen LogP contribution in [-0.2, 0) is 0 Å². The Bertz CT molecular complexity index is 1640. The molecular formula is C34H33NO4S. The molecule has 0 unspecified atom stereocenters. The van der Waals surface area contributed by atoms with Crippen LogP contribution < -0.4 is 18.9 Å². The van der Waals surface area contributed by atoms with Gasteiger partial charge in [0.15, 0.2) is 11.5 Å². The van der Waals surface area contributed by atoms with Crippen LogP contribution in [0.5, 0.6) is 23.0 Å². The Morgan fingerprint density at radius 2 is 1.40 bits per heavy atom. The third kappa shape index (κ3) is 6.13. The quantitative estimate of drug-likeness (QED) is 0.129. The van der Waals surface area contributed by atoms with Gasteiger partial charge in [-0.3, -0.25) is 0 Å². The normalized spacial score (nSPS) is 11.2. The molecule has 5 nitrogen and oxygen atoms in total. The number of methoxy groups -OCH3 is 2. The van der Waals surface area contributed by atoms with Crippen LogP contribution in [0.25, 0.3) is 32.9 Å². The van der Waals surface area contributed by atoms with Crippen LogP contribution in [-0.4, -0.2) is 32.4 Å². The third-order valence-corrected chi connectivity index (χ3v) is 7.93. The van der Waals surface area contributed by atoms with Gasteiger partial charge in [-0.2, -0.15) is 0 Å². The molecule has 0 aliphatic rings. The molecule has 0 N–H and O–H groups in total. The summed E-state index contributed by atoms with van der Waals surface area (Å²) in [6.45, 7) is 6.98. The minimum absolute atomic E-state index is 0.378. The molecule has 4 aromatic carbocycles. The predicted octanol–water partition coefficient (Wildman–Crippen LogP) is 8.53. The van der Waals surface area contributed by atoms with E-state index in [0.29, 0.717) is 24.7 Å². The second kappa shape index (κ2) is 12.3. The van der Waals surface area contributed by atoms with E-state index in [4.69, 9.17) is 23.9 Å². The van der Waals surface area contributed by atoms with Crippen LogP contribution in [0.3, 0.4) is 0 Å². The molecular weight excluding hydrogens is 518 g/mol. The van der Waals surface area contributed by atoms with E-state index >= 15 is 0 Å². The van der Waals surface area contributed by atoms with E-state index in [9.17, 15) is 0 Å². The maximum atomic E-state index is 6.13. The molecule has 6 heteroatoms. The number of fused-ring (bicyclic) bond motifs is 1. The molecule has 5 aromatic rings. The summed E-state index contributed by atoms with van der Waals surface area (Å²) >= 11 is 1.68. The Hall–Kier alpha value is -4.29. The monoisotopic (exact) mass is 551 g/mol. The number of nitrogens with zero attached hydrogens (tertiary/aromatic N) is 1. The number of hydrogen-bond acceptors (Lipinski definition) is 6. The van der Waals surface area contributed by atoms with E-state index in [1.165, 1.54) is 10.3 Å². The molecule has 0 bridgehead atoms. The molecule has 0 aliphatic carbocycles. The summed E-state index contributed by atoms with van der Waals surface area (Å²) in [5.41, 5.74) is 7.56. The lowest BCUT2D eigenvalue weighted by molar-refractivity contribution is 0.210. The topological polar surface area (TPSA) is 49.8 Å². The molecule has 0 spiro atoms. The Morgan fingerprint density at radius 1 is 0.675 bits per heavy atom. The number of aryl methyl sites for hydroxylation is 2. The molecule has 5 rings (SSSR count). The average molecular weight is 552 g/mol. The van der Waals surface area contributed by atoms with Crippen molar-refractivity contribution in [3.8, 4) is 33.6 Å². The molecule has 40 heavy (non-hydrogen) atoms. The highest BCUT2D eigenvalue weighted by Gasteiger charge is 2.10. The molecule has 1 aromatic heterocycles. The van der Waals surface area contributed by atoms with Gasteiger partial charge in [0.25, 0.3) is 0 Å². The number of rotatable bonds is 10. The molecule has 0 aliphatic heterocycles. The number of thiazole rings is 1. The van der Waals surface area contributed by atoms with Gasteiger partial charge in [-0.15, -0.1) is 11.3 Å². The van der Waals surface area contributed by atoms with Gasteiger partial charge < -0.3 is 18.9 Å². The third-order valence-electron chi connectivity index (χ3n) is 6.85. The highest BCUT2D eigenvalue weighted by molar-refractivity contribution is 7.21. The Morgan fingerprint density at radius 3 is 2.17 bits per heavy atom. The number of benzene rings is 4. The first kappa shape index (κ1) is 27.3. The first-order valence-electron chi connectivity index (χ1n) is 13.2. The minimum atomic E-state index is 0.378. The molecule has 0 amide bonds. The van der Waals surface area contributed by atoms with Gasteiger partial charge in [0.05, 0.1) is 24.4 Å². The molecule has 0 saturated heterocycles. The van der Waals surface area contributed by atoms with E-state index < -0.39 is 0 Å². The lowest BCUT2D eigenvalue weighted by atomic mass is 10.0. The maximum absolute atomic E-state index is 6.13. The van der Waals surface area contributed by atoms with Crippen molar-refractivity contribution < 1.29 is 18.9 Å². The molecule has 0 radical (unpaired) electrons. The zero-order valence-electron chi connectivity index (χ0n) is 23.5. The van der Waals surface area contributed by atoms with Gasteiger partial charge in [0.1, 0.15) is 29.7 Å². The lowest BCUT2D eigenvalue weighted by Crippen LogP contribution is -2.10. The second-order valence-corrected chi connectivity index (χ2v) is 10.6. The molecule has 0 fully saturated rings. The smallest absolute Gasteiger partial charge is 0.161 e. The largest absolute Gasteiger partial charge is 0.496 e. The number of aromatic nitrogens is 1. The van der Waals surface area contributed by atoms with Crippen LogP contribution >= 0.6 is 11.3 Å². The summed E-state index contributed by atoms with van der Waals surface area (Å²) in [6, 6.07) is 24.5. The summed E-state index contributed by atoms with van der Waals surface area (Å²) in [4.78, 5) is 4.78. The van der Waals surface area contributed by atoms with E-state index in [1.54, 1.807) is 25.6 Å². The van der Waals surface area contributed by atoms with Crippen LogP contribution in [0.15, 0.2) is 72.8 Å². The van der Waals surface area contributed by atoms with Gasteiger partial charge in [-0.25, -0.2) is 4.98 Å². The molecule has 0 atom stereocenters. The van der Waals surface area contributed by atoms with E-state index in [0.717, 1.165) is 49.8 Å². The Kier molecular flexibility index (Phi) is 8.37. The van der Waals surface area contributed by atoms with Crippen molar-refractivity contribution in [2.75, 3.05) is 27.4 Å². The van der Waals surface area contributed by atoms with Crippen LogP contribution in [0.1, 0.15) is 27.8 Å². The summed E-state index contributed by atoms with van der Waals surface area (Å²) in [6.07, 6.45) is 4.13.